The van der Waals surface area contributed by atoms with Gasteiger partial charge < -0.3 is 9.47 Å². The Morgan fingerprint density at radius 1 is 1.38 bits per heavy atom. The Hall–Kier alpha value is -1.38. The van der Waals surface area contributed by atoms with Gasteiger partial charge in [0, 0.05) is 10.7 Å². The Labute approximate surface area is 175 Å². The molecule has 1 saturated heterocycles. The second-order valence-corrected chi connectivity index (χ2v) is 8.20. The van der Waals surface area contributed by atoms with Crippen LogP contribution in [0.4, 0.5) is 5.69 Å². The van der Waals surface area contributed by atoms with Crippen molar-refractivity contribution in [3.05, 3.63) is 63.2 Å². The number of nitrogens with zero attached hydrogens (tertiary/aromatic N) is 1. The highest BCUT2D eigenvalue weighted by Crippen LogP contribution is 2.45. The number of carbonyl (C=O) groups excluding carboxylic acids is 1. The maximum atomic E-state index is 12.5. The van der Waals surface area contributed by atoms with Gasteiger partial charge in [-0.1, -0.05) is 24.3 Å². The fraction of sp³-hybridized carbons (Fsp3) is 0.211. The maximum Gasteiger partial charge on any atom is 0.238 e. The molecule has 2 aromatic carbocycles. The van der Waals surface area contributed by atoms with E-state index in [1.54, 1.807) is 42.0 Å². The molecular formula is C19H17ClINO3S. The maximum absolute atomic E-state index is 12.5. The largest absolute Gasteiger partial charge is 0.493 e. The Kier molecular flexibility index (Phi) is 6.37. The average Bonchev–Trinajstić information content (AvgIpc) is 3.02. The van der Waals surface area contributed by atoms with E-state index in [0.717, 1.165) is 14.8 Å². The molecule has 1 atom stereocenters. The van der Waals surface area contributed by atoms with E-state index in [-0.39, 0.29) is 11.3 Å². The van der Waals surface area contributed by atoms with Crippen LogP contribution < -0.4 is 14.4 Å². The average molecular weight is 502 g/mol. The molecule has 7 heteroatoms. The van der Waals surface area contributed by atoms with Crippen molar-refractivity contribution in [3.63, 3.8) is 0 Å². The van der Waals surface area contributed by atoms with Gasteiger partial charge in [0.25, 0.3) is 0 Å². The van der Waals surface area contributed by atoms with E-state index < -0.39 is 0 Å². The number of hydrogen-bond donors (Lipinski definition) is 0. The summed E-state index contributed by atoms with van der Waals surface area (Å²) in [4.78, 5) is 14.3. The van der Waals surface area contributed by atoms with Crippen molar-refractivity contribution in [3.8, 4) is 11.5 Å². The first-order chi connectivity index (χ1) is 12.5. The van der Waals surface area contributed by atoms with Crippen LogP contribution in [0, 0.1) is 3.57 Å². The summed E-state index contributed by atoms with van der Waals surface area (Å²) in [5.74, 6) is 1.83. The molecule has 0 saturated carbocycles. The number of methoxy groups -OCH3 is 1. The van der Waals surface area contributed by atoms with Crippen molar-refractivity contribution >= 4 is 57.5 Å². The number of ether oxygens (including phenoxy) is 2. The highest BCUT2D eigenvalue weighted by atomic mass is 127. The number of halogens is 2. The third-order valence-electron chi connectivity index (χ3n) is 3.86. The lowest BCUT2D eigenvalue weighted by Crippen LogP contribution is -2.27. The van der Waals surface area contributed by atoms with Gasteiger partial charge in [-0.25, -0.2) is 0 Å². The Morgan fingerprint density at radius 3 is 2.77 bits per heavy atom. The van der Waals surface area contributed by atoms with E-state index in [1.807, 2.05) is 24.3 Å². The lowest BCUT2D eigenvalue weighted by Gasteiger charge is -2.25. The number of hydrogen-bond acceptors (Lipinski definition) is 4. The minimum Gasteiger partial charge on any atom is -0.493 e. The zero-order valence-electron chi connectivity index (χ0n) is 14.1. The van der Waals surface area contributed by atoms with Gasteiger partial charge in [-0.15, -0.1) is 11.8 Å². The number of carbonyl (C=O) groups is 1. The molecule has 0 unspecified atom stereocenters. The second kappa shape index (κ2) is 8.54. The van der Waals surface area contributed by atoms with Crippen LogP contribution in [0.1, 0.15) is 10.9 Å². The van der Waals surface area contributed by atoms with Gasteiger partial charge in [0.1, 0.15) is 12.0 Å². The zero-order chi connectivity index (χ0) is 18.7. The Morgan fingerprint density at radius 2 is 2.12 bits per heavy atom. The third-order valence-corrected chi connectivity index (χ3v) is 6.12. The van der Waals surface area contributed by atoms with Gasteiger partial charge in [0.2, 0.25) is 5.91 Å². The molecule has 4 nitrogen and oxygen atoms in total. The zero-order valence-corrected chi connectivity index (χ0v) is 17.8. The van der Waals surface area contributed by atoms with Crippen LogP contribution in [-0.2, 0) is 4.79 Å². The summed E-state index contributed by atoms with van der Waals surface area (Å²) >= 11 is 9.79. The molecule has 0 aliphatic carbocycles. The molecule has 26 heavy (non-hydrogen) atoms. The van der Waals surface area contributed by atoms with Crippen LogP contribution >= 0.6 is 46.0 Å². The van der Waals surface area contributed by atoms with Gasteiger partial charge in [0.15, 0.2) is 11.5 Å². The lowest BCUT2D eigenvalue weighted by atomic mass is 10.1. The predicted molar refractivity (Wildman–Crippen MR) is 116 cm³/mol. The normalized spacial score (nSPS) is 16.7. The van der Waals surface area contributed by atoms with Crippen LogP contribution in [0.2, 0.25) is 5.02 Å². The van der Waals surface area contributed by atoms with Gasteiger partial charge in [0.05, 0.1) is 16.4 Å². The number of benzene rings is 2. The van der Waals surface area contributed by atoms with Crippen molar-refractivity contribution in [2.24, 2.45) is 0 Å². The summed E-state index contributed by atoms with van der Waals surface area (Å²) in [5.41, 5.74) is 1.82. The first kappa shape index (κ1) is 19.4. The lowest BCUT2D eigenvalue weighted by molar-refractivity contribution is -0.115. The Bertz CT molecular complexity index is 828. The monoisotopic (exact) mass is 501 g/mol. The van der Waals surface area contributed by atoms with E-state index in [4.69, 9.17) is 21.1 Å². The quantitative estimate of drug-likeness (QED) is 0.398. The van der Waals surface area contributed by atoms with Gasteiger partial charge in [-0.2, -0.15) is 0 Å². The molecule has 0 aromatic heterocycles. The van der Waals surface area contributed by atoms with Crippen molar-refractivity contribution in [2.75, 3.05) is 24.4 Å². The van der Waals surface area contributed by atoms with Crippen LogP contribution in [0.25, 0.3) is 0 Å². The molecule has 0 radical (unpaired) electrons. The van der Waals surface area contributed by atoms with Crippen LogP contribution in [0.3, 0.4) is 0 Å². The summed E-state index contributed by atoms with van der Waals surface area (Å²) in [5, 5.41) is 0.518. The van der Waals surface area contributed by atoms with Crippen molar-refractivity contribution in [2.45, 2.75) is 5.37 Å². The molecule has 1 heterocycles. The summed E-state index contributed by atoms with van der Waals surface area (Å²) < 4.78 is 12.2. The molecule has 1 amide bonds. The van der Waals surface area contributed by atoms with E-state index in [1.165, 1.54) is 0 Å². The minimum absolute atomic E-state index is 0.0725. The third kappa shape index (κ3) is 3.97. The molecule has 2 aromatic rings. The molecule has 1 fully saturated rings. The number of thioether (sulfide) groups is 1. The molecular weight excluding hydrogens is 485 g/mol. The highest BCUT2D eigenvalue weighted by molar-refractivity contribution is 14.1. The number of anilines is 1. The predicted octanol–water partition coefficient (Wildman–Crippen LogP) is 5.30. The fourth-order valence-electron chi connectivity index (χ4n) is 2.72. The highest BCUT2D eigenvalue weighted by Gasteiger charge is 2.35. The summed E-state index contributed by atoms with van der Waals surface area (Å²) in [6, 6.07) is 11.3. The number of amides is 1. The molecule has 3 rings (SSSR count). The fourth-order valence-corrected chi connectivity index (χ4v) is 4.78. The van der Waals surface area contributed by atoms with Gasteiger partial charge in [-0.3, -0.25) is 9.69 Å². The first-order valence-corrected chi connectivity index (χ1v) is 10.4. The van der Waals surface area contributed by atoms with Gasteiger partial charge in [-0.05, 0) is 64.6 Å². The topological polar surface area (TPSA) is 38.8 Å². The van der Waals surface area contributed by atoms with E-state index in [2.05, 4.69) is 29.2 Å². The van der Waals surface area contributed by atoms with Crippen LogP contribution in [0.15, 0.2) is 49.1 Å². The molecule has 136 valence electrons. The van der Waals surface area contributed by atoms with E-state index >= 15 is 0 Å². The van der Waals surface area contributed by atoms with Gasteiger partial charge >= 0.3 is 0 Å². The van der Waals surface area contributed by atoms with Crippen LogP contribution in [-0.4, -0.2) is 25.4 Å². The summed E-state index contributed by atoms with van der Waals surface area (Å²) in [6.45, 7) is 4.08. The molecule has 0 N–H and O–H groups in total. The Balaban J connectivity index is 1.98. The van der Waals surface area contributed by atoms with E-state index in [9.17, 15) is 4.79 Å². The molecule has 1 aliphatic heterocycles. The minimum atomic E-state index is -0.125. The summed E-state index contributed by atoms with van der Waals surface area (Å²) in [7, 11) is 1.61. The smallest absolute Gasteiger partial charge is 0.238 e. The standard InChI is InChI=1S/C19H17ClINO3S/c1-3-8-25-18-15(21)9-12(10-16(18)24-2)19-22(17(23)11-26-19)14-6-4-13(20)5-7-14/h3-7,9-10,19H,1,8,11H2,2H3/t19-/m1/s1. The SMILES string of the molecule is C=CCOc1c(I)cc([C@H]2SCC(=O)N2c2ccc(Cl)cc2)cc1OC. The second-order valence-electron chi connectivity index (χ2n) is 5.54. The van der Waals surface area contributed by atoms with Crippen molar-refractivity contribution < 1.29 is 14.3 Å². The van der Waals surface area contributed by atoms with Crippen molar-refractivity contribution in [1.82, 2.24) is 0 Å². The summed E-state index contributed by atoms with van der Waals surface area (Å²) in [6.07, 6.45) is 1.69. The van der Waals surface area contributed by atoms with Crippen molar-refractivity contribution in [1.29, 1.82) is 0 Å². The molecule has 0 bridgehead atoms. The van der Waals surface area contributed by atoms with Crippen LogP contribution in [0.5, 0.6) is 11.5 Å². The molecule has 0 spiro atoms. The molecule has 1 aliphatic rings. The van der Waals surface area contributed by atoms with E-state index in [0.29, 0.717) is 28.9 Å². The number of rotatable bonds is 6. The first-order valence-electron chi connectivity index (χ1n) is 7.85.